The lowest BCUT2D eigenvalue weighted by Crippen LogP contribution is -2.53. The minimum atomic E-state index is -0.954. The number of carboxylic acid groups (broad SMARTS) is 1. The summed E-state index contributed by atoms with van der Waals surface area (Å²) < 4.78 is 6.28. The number of hydrogen-bond acceptors (Lipinski definition) is 7. The SMILES string of the molecule is O=C(O)N(c1ccccc1)[C@@H](c1cccc(OCc2ccc(CCNC[C@H](O)c3ccc(O)c4[nH]c(=O)ccc34)cc2)c1)C1CN2CCC1CC2. The highest BCUT2D eigenvalue weighted by Crippen LogP contribution is 2.44. The van der Waals surface area contributed by atoms with E-state index in [2.05, 4.69) is 39.5 Å². The Bertz CT molecular complexity index is 2010. The van der Waals surface area contributed by atoms with Crippen LogP contribution < -0.4 is 20.5 Å². The van der Waals surface area contributed by atoms with Crippen LogP contribution in [0.5, 0.6) is 11.5 Å². The van der Waals surface area contributed by atoms with Gasteiger partial charge in [0.25, 0.3) is 0 Å². The number of nitrogens with zero attached hydrogens (tertiary/aromatic N) is 2. The number of anilines is 1. The first kappa shape index (κ1) is 34.3. The molecular weight excluding hydrogens is 644 g/mol. The summed E-state index contributed by atoms with van der Waals surface area (Å²) in [6, 6.07) is 31.4. The molecule has 0 aliphatic carbocycles. The lowest BCUT2D eigenvalue weighted by atomic mass is 9.73. The maximum atomic E-state index is 12.9. The topological polar surface area (TPSA) is 138 Å². The van der Waals surface area contributed by atoms with Crippen LogP contribution in [0.2, 0.25) is 0 Å². The number of nitrogens with one attached hydrogen (secondary N) is 2. The number of phenols is 1. The van der Waals surface area contributed by atoms with Gasteiger partial charge in [0.1, 0.15) is 18.1 Å². The summed E-state index contributed by atoms with van der Waals surface area (Å²) in [6.45, 7) is 4.41. The zero-order valence-corrected chi connectivity index (χ0v) is 28.4. The quantitative estimate of drug-likeness (QED) is 0.0917. The predicted octanol–water partition coefficient (Wildman–Crippen LogP) is 6.25. The second-order valence-electron chi connectivity index (χ2n) is 13.7. The third-order valence-electron chi connectivity index (χ3n) is 10.5. The van der Waals surface area contributed by atoms with Gasteiger partial charge in [-0.3, -0.25) is 9.69 Å². The number of para-hydroxylation sites is 1. The highest BCUT2D eigenvalue weighted by atomic mass is 16.5. The van der Waals surface area contributed by atoms with Gasteiger partial charge >= 0.3 is 6.09 Å². The molecule has 4 aromatic carbocycles. The normalized spacial score (nSPS) is 19.4. The van der Waals surface area contributed by atoms with E-state index in [9.17, 15) is 24.9 Å². The summed E-state index contributed by atoms with van der Waals surface area (Å²) in [6.07, 6.45) is 1.18. The number of benzene rings is 4. The van der Waals surface area contributed by atoms with Gasteiger partial charge in [0.2, 0.25) is 5.56 Å². The van der Waals surface area contributed by atoms with Crippen molar-refractivity contribution in [2.45, 2.75) is 38.0 Å². The highest BCUT2D eigenvalue weighted by Gasteiger charge is 2.43. The molecule has 3 aliphatic rings. The first-order valence-electron chi connectivity index (χ1n) is 17.7. The van der Waals surface area contributed by atoms with Crippen molar-refractivity contribution in [3.8, 4) is 11.5 Å². The number of carbonyl (C=O) groups is 1. The van der Waals surface area contributed by atoms with E-state index in [1.54, 1.807) is 17.0 Å². The van der Waals surface area contributed by atoms with E-state index >= 15 is 0 Å². The first-order chi connectivity index (χ1) is 24.8. The number of fused-ring (bicyclic) bond motifs is 4. The molecule has 0 saturated carbocycles. The lowest BCUT2D eigenvalue weighted by Gasteiger charge is -2.49. The molecule has 5 N–H and O–H groups in total. The number of rotatable bonds is 13. The molecule has 51 heavy (non-hydrogen) atoms. The van der Waals surface area contributed by atoms with Gasteiger partial charge in [0, 0.05) is 30.2 Å². The Labute approximate surface area is 296 Å². The Morgan fingerprint density at radius 3 is 2.43 bits per heavy atom. The maximum absolute atomic E-state index is 12.9. The number of hydrogen-bond donors (Lipinski definition) is 5. The lowest BCUT2D eigenvalue weighted by molar-refractivity contribution is 0.0358. The minimum absolute atomic E-state index is 0.0341. The Balaban J connectivity index is 0.969. The summed E-state index contributed by atoms with van der Waals surface area (Å²) in [7, 11) is 0. The van der Waals surface area contributed by atoms with E-state index in [-0.39, 0.29) is 23.3 Å². The van der Waals surface area contributed by atoms with Gasteiger partial charge in [-0.05, 0) is 109 Å². The fourth-order valence-corrected chi connectivity index (χ4v) is 7.82. The molecule has 2 bridgehead atoms. The monoisotopic (exact) mass is 688 g/mol. The van der Waals surface area contributed by atoms with Crippen LogP contribution in [0, 0.1) is 11.8 Å². The van der Waals surface area contributed by atoms with Crippen LogP contribution in [0.25, 0.3) is 10.9 Å². The molecule has 1 amide bonds. The van der Waals surface area contributed by atoms with Crippen LogP contribution in [0.15, 0.2) is 108 Å². The number of aromatic amines is 1. The molecule has 1 unspecified atom stereocenters. The molecule has 3 aliphatic heterocycles. The van der Waals surface area contributed by atoms with Gasteiger partial charge in [-0.2, -0.15) is 0 Å². The standard InChI is InChI=1S/C41H44N4O6/c46-36-15-13-33(34-14-16-38(48)43-39(34)36)37(47)24-42-20-17-27-9-11-28(12-10-27)26-51-32-8-4-5-30(23-32)40(35-25-44-21-18-29(35)19-22-44)45(41(49)50)31-6-2-1-3-7-31/h1-16,23,29,35,37,40,42,46-47H,17-22,24-26H2,(H,43,48)(H,49,50)/t35?,37-,40-/m0/s1. The van der Waals surface area contributed by atoms with Crippen LogP contribution in [0.1, 0.15) is 47.2 Å². The number of aromatic nitrogens is 1. The zero-order chi connectivity index (χ0) is 35.3. The molecule has 0 spiro atoms. The molecule has 0 radical (unpaired) electrons. The molecule has 3 saturated heterocycles. The Morgan fingerprint density at radius 1 is 0.941 bits per heavy atom. The number of aliphatic hydroxyl groups excluding tert-OH is 1. The van der Waals surface area contributed by atoms with Gasteiger partial charge in [0.15, 0.2) is 0 Å². The molecule has 3 fully saturated rings. The third-order valence-corrected chi connectivity index (χ3v) is 10.5. The first-order valence-corrected chi connectivity index (χ1v) is 17.7. The van der Waals surface area contributed by atoms with Crippen LogP contribution in [0.3, 0.4) is 0 Å². The summed E-state index contributed by atoms with van der Waals surface area (Å²) in [5.74, 6) is 1.33. The van der Waals surface area contributed by atoms with Crippen molar-refractivity contribution in [3.05, 3.63) is 136 Å². The van der Waals surface area contributed by atoms with E-state index < -0.39 is 12.2 Å². The molecule has 1 aromatic heterocycles. The van der Waals surface area contributed by atoms with Crippen molar-refractivity contribution < 1.29 is 24.9 Å². The van der Waals surface area contributed by atoms with E-state index in [0.717, 1.165) is 55.6 Å². The van der Waals surface area contributed by atoms with Gasteiger partial charge in [-0.15, -0.1) is 0 Å². The van der Waals surface area contributed by atoms with Gasteiger partial charge in [-0.1, -0.05) is 60.7 Å². The van der Waals surface area contributed by atoms with E-state index in [1.807, 2.05) is 54.6 Å². The number of ether oxygens (including phenoxy) is 1. The number of pyridine rings is 1. The van der Waals surface area contributed by atoms with E-state index in [4.69, 9.17) is 4.74 Å². The molecule has 10 heteroatoms. The van der Waals surface area contributed by atoms with Crippen LogP contribution in [-0.4, -0.2) is 64.0 Å². The number of H-pyrrole nitrogens is 1. The highest BCUT2D eigenvalue weighted by molar-refractivity contribution is 5.88. The molecule has 3 atom stereocenters. The molecule has 10 nitrogen and oxygen atoms in total. The van der Waals surface area contributed by atoms with Crippen LogP contribution in [0.4, 0.5) is 10.5 Å². The second kappa shape index (κ2) is 15.4. The van der Waals surface area contributed by atoms with Crippen molar-refractivity contribution in [2.75, 3.05) is 37.6 Å². The summed E-state index contributed by atoms with van der Waals surface area (Å²) in [5.41, 5.74) is 4.42. The number of aromatic hydroxyl groups is 1. The van der Waals surface area contributed by atoms with Crippen LogP contribution >= 0.6 is 0 Å². The Morgan fingerprint density at radius 2 is 1.71 bits per heavy atom. The Kier molecular flexibility index (Phi) is 10.3. The van der Waals surface area contributed by atoms with Crippen molar-refractivity contribution in [3.63, 3.8) is 0 Å². The maximum Gasteiger partial charge on any atom is 0.412 e. The van der Waals surface area contributed by atoms with E-state index in [0.29, 0.717) is 53.5 Å². The molecule has 8 rings (SSSR count). The Hall–Kier alpha value is -5.16. The second-order valence-corrected chi connectivity index (χ2v) is 13.7. The average Bonchev–Trinajstić information content (AvgIpc) is 3.16. The molecule has 4 heterocycles. The third kappa shape index (κ3) is 7.78. The van der Waals surface area contributed by atoms with Crippen LogP contribution in [-0.2, 0) is 13.0 Å². The fourth-order valence-electron chi connectivity index (χ4n) is 7.82. The number of amides is 1. The van der Waals surface area contributed by atoms with Crippen molar-refractivity contribution >= 4 is 22.7 Å². The summed E-state index contributed by atoms with van der Waals surface area (Å²) in [5, 5.41) is 35.4. The summed E-state index contributed by atoms with van der Waals surface area (Å²) >= 11 is 0. The van der Waals surface area contributed by atoms with Gasteiger partial charge < -0.3 is 35.3 Å². The van der Waals surface area contributed by atoms with E-state index in [1.165, 1.54) is 12.1 Å². The van der Waals surface area contributed by atoms with Crippen molar-refractivity contribution in [1.29, 1.82) is 0 Å². The van der Waals surface area contributed by atoms with Gasteiger partial charge in [-0.25, -0.2) is 4.79 Å². The van der Waals surface area contributed by atoms with Crippen molar-refractivity contribution in [1.82, 2.24) is 15.2 Å². The molecule has 264 valence electrons. The zero-order valence-electron chi connectivity index (χ0n) is 28.4. The number of piperidine rings is 3. The molecular formula is C41H44N4O6. The summed E-state index contributed by atoms with van der Waals surface area (Å²) in [4.78, 5) is 31.2. The average molecular weight is 689 g/mol. The number of phenolic OH excluding ortho intramolecular Hbond substituents is 1. The number of aliphatic hydroxyl groups is 1. The predicted molar refractivity (Wildman–Crippen MR) is 197 cm³/mol. The smallest absolute Gasteiger partial charge is 0.412 e. The largest absolute Gasteiger partial charge is 0.506 e. The minimum Gasteiger partial charge on any atom is -0.506 e. The van der Waals surface area contributed by atoms with Crippen molar-refractivity contribution in [2.24, 2.45) is 11.8 Å². The molecule has 5 aromatic rings. The van der Waals surface area contributed by atoms with Gasteiger partial charge in [0.05, 0.1) is 17.7 Å². The fraction of sp³-hybridized carbons (Fsp3) is 0.317.